The number of hydrogen-bond acceptors (Lipinski definition) is 4. The first kappa shape index (κ1) is 16.5. The number of rotatable bonds is 6. The summed E-state index contributed by atoms with van der Waals surface area (Å²) in [5.74, 6) is -0.00632. The molecule has 0 bridgehead atoms. The summed E-state index contributed by atoms with van der Waals surface area (Å²) in [6.07, 6.45) is 0.329. The summed E-state index contributed by atoms with van der Waals surface area (Å²) in [7, 11) is 0. The first-order valence-electron chi connectivity index (χ1n) is 7.26. The van der Waals surface area contributed by atoms with E-state index in [9.17, 15) is 4.79 Å². The molecule has 1 heterocycles. The predicted molar refractivity (Wildman–Crippen MR) is 85.1 cm³/mol. The lowest BCUT2D eigenvalue weighted by Crippen LogP contribution is -2.05. The van der Waals surface area contributed by atoms with Crippen LogP contribution in [-0.2, 0) is 11.3 Å². The number of Topliss-reactive ketones (excluding diaryl/α,β-unsaturated/α-hetero) is 1. The van der Waals surface area contributed by atoms with Gasteiger partial charge in [-0.1, -0.05) is 0 Å². The second-order valence-electron chi connectivity index (χ2n) is 5.15. The molecule has 0 saturated carbocycles. The Bertz CT molecular complexity index is 789. The van der Waals surface area contributed by atoms with E-state index in [2.05, 4.69) is 6.07 Å². The normalized spacial score (nSPS) is 10.1. The van der Waals surface area contributed by atoms with Crippen molar-refractivity contribution in [1.82, 2.24) is 4.57 Å². The second-order valence-corrected chi connectivity index (χ2v) is 5.15. The second kappa shape index (κ2) is 7.40. The van der Waals surface area contributed by atoms with Gasteiger partial charge in [0.15, 0.2) is 5.78 Å². The summed E-state index contributed by atoms with van der Waals surface area (Å²) in [4.78, 5) is 11.8. The first-order valence-corrected chi connectivity index (χ1v) is 7.26. The largest absolute Gasteiger partial charge is 0.374 e. The van der Waals surface area contributed by atoms with Crippen molar-refractivity contribution in [2.45, 2.75) is 26.9 Å². The molecule has 0 spiro atoms. The van der Waals surface area contributed by atoms with Crippen LogP contribution >= 0.6 is 0 Å². The molecule has 0 aliphatic heterocycles. The van der Waals surface area contributed by atoms with Crippen molar-refractivity contribution < 1.29 is 9.53 Å². The zero-order valence-corrected chi connectivity index (χ0v) is 13.2. The molecule has 0 fully saturated rings. The molecule has 0 radical (unpaired) electrons. The number of carbonyl (C=O) groups excluding carboxylic acids is 1. The molecule has 5 nitrogen and oxygen atoms in total. The standard InChI is InChI=1S/C18H17N3O2/c1-13-18(14(2)22)10-17(12-23-9-3-8-19)21(13)16-6-4-15(11-20)5-7-16/h4-7,10H,3,9,12H2,1-2H3. The molecule has 1 aromatic carbocycles. The number of nitrogens with zero attached hydrogens (tertiary/aromatic N) is 3. The van der Waals surface area contributed by atoms with Crippen LogP contribution in [0, 0.1) is 29.6 Å². The van der Waals surface area contributed by atoms with Crippen LogP contribution in [-0.4, -0.2) is 17.0 Å². The molecule has 2 rings (SSSR count). The molecule has 1 aromatic heterocycles. The Morgan fingerprint density at radius 3 is 2.52 bits per heavy atom. The van der Waals surface area contributed by atoms with Gasteiger partial charge in [0.05, 0.1) is 37.3 Å². The lowest BCUT2D eigenvalue weighted by molar-refractivity contribution is 0.101. The van der Waals surface area contributed by atoms with E-state index in [0.717, 1.165) is 17.1 Å². The number of hydrogen-bond donors (Lipinski definition) is 0. The first-order chi connectivity index (χ1) is 11.1. The third kappa shape index (κ3) is 3.66. The smallest absolute Gasteiger partial charge is 0.161 e. The van der Waals surface area contributed by atoms with E-state index in [0.29, 0.717) is 30.8 Å². The average molecular weight is 307 g/mol. The highest BCUT2D eigenvalue weighted by molar-refractivity contribution is 5.95. The highest BCUT2D eigenvalue weighted by Crippen LogP contribution is 2.23. The molecule has 23 heavy (non-hydrogen) atoms. The Hall–Kier alpha value is -2.89. The van der Waals surface area contributed by atoms with Gasteiger partial charge in [-0.25, -0.2) is 0 Å². The van der Waals surface area contributed by atoms with Crippen LogP contribution in [0.2, 0.25) is 0 Å². The molecule has 5 heteroatoms. The van der Waals surface area contributed by atoms with Gasteiger partial charge in [-0.15, -0.1) is 0 Å². The third-order valence-corrected chi connectivity index (χ3v) is 3.57. The fourth-order valence-electron chi connectivity index (χ4n) is 2.47. The Morgan fingerprint density at radius 2 is 1.96 bits per heavy atom. The maximum atomic E-state index is 11.8. The van der Waals surface area contributed by atoms with Crippen LogP contribution in [0.4, 0.5) is 0 Å². The minimum atomic E-state index is -0.00632. The van der Waals surface area contributed by atoms with Gasteiger partial charge < -0.3 is 9.30 Å². The van der Waals surface area contributed by atoms with Gasteiger partial charge in [0.1, 0.15) is 0 Å². The SMILES string of the molecule is CC(=O)c1cc(COCCC#N)n(-c2ccc(C#N)cc2)c1C. The fraction of sp³-hybridized carbons (Fsp3) is 0.278. The molecule has 116 valence electrons. The van der Waals surface area contributed by atoms with E-state index < -0.39 is 0 Å². The number of ether oxygens (including phenoxy) is 1. The maximum absolute atomic E-state index is 11.8. The Kier molecular flexibility index (Phi) is 5.30. The molecular formula is C18H17N3O2. The summed E-state index contributed by atoms with van der Waals surface area (Å²) in [5.41, 5.74) is 3.77. The summed E-state index contributed by atoms with van der Waals surface area (Å²) in [5, 5.41) is 17.5. The minimum Gasteiger partial charge on any atom is -0.374 e. The summed E-state index contributed by atoms with van der Waals surface area (Å²) in [6.45, 7) is 4.08. The summed E-state index contributed by atoms with van der Waals surface area (Å²) in [6, 6.07) is 13.1. The highest BCUT2D eigenvalue weighted by atomic mass is 16.5. The Balaban J connectivity index is 2.40. The molecular weight excluding hydrogens is 290 g/mol. The van der Waals surface area contributed by atoms with Crippen molar-refractivity contribution in [3.63, 3.8) is 0 Å². The van der Waals surface area contributed by atoms with E-state index in [1.807, 2.05) is 35.8 Å². The van der Waals surface area contributed by atoms with Crippen LogP contribution in [0.15, 0.2) is 30.3 Å². The maximum Gasteiger partial charge on any atom is 0.161 e. The van der Waals surface area contributed by atoms with Crippen molar-refractivity contribution in [2.75, 3.05) is 6.61 Å². The monoisotopic (exact) mass is 307 g/mol. The average Bonchev–Trinajstić information content (AvgIpc) is 2.88. The molecule has 0 unspecified atom stereocenters. The van der Waals surface area contributed by atoms with Gasteiger partial charge in [-0.2, -0.15) is 10.5 Å². The van der Waals surface area contributed by atoms with Gasteiger partial charge in [0, 0.05) is 22.6 Å². The molecule has 0 aliphatic carbocycles. The van der Waals surface area contributed by atoms with Crippen molar-refractivity contribution >= 4 is 5.78 Å². The number of nitriles is 2. The van der Waals surface area contributed by atoms with E-state index in [1.165, 1.54) is 6.92 Å². The highest BCUT2D eigenvalue weighted by Gasteiger charge is 2.16. The zero-order chi connectivity index (χ0) is 16.8. The van der Waals surface area contributed by atoms with E-state index >= 15 is 0 Å². The van der Waals surface area contributed by atoms with Gasteiger partial charge in [-0.3, -0.25) is 4.79 Å². The van der Waals surface area contributed by atoms with E-state index in [1.54, 1.807) is 12.1 Å². The Labute approximate surface area is 135 Å². The van der Waals surface area contributed by atoms with Gasteiger partial charge in [0.25, 0.3) is 0 Å². The van der Waals surface area contributed by atoms with Crippen LogP contribution in [0.5, 0.6) is 0 Å². The topological polar surface area (TPSA) is 78.8 Å². The molecule has 0 saturated heterocycles. The van der Waals surface area contributed by atoms with Crippen LogP contribution in [0.1, 0.15) is 40.7 Å². The Morgan fingerprint density at radius 1 is 1.26 bits per heavy atom. The molecule has 0 amide bonds. The molecule has 0 aliphatic rings. The van der Waals surface area contributed by atoms with Crippen molar-refractivity contribution in [1.29, 1.82) is 10.5 Å². The van der Waals surface area contributed by atoms with E-state index in [4.69, 9.17) is 15.3 Å². The number of carbonyl (C=O) groups is 1. The lowest BCUT2D eigenvalue weighted by Gasteiger charge is -2.12. The molecule has 0 atom stereocenters. The lowest BCUT2D eigenvalue weighted by atomic mass is 10.2. The number of benzene rings is 1. The van der Waals surface area contributed by atoms with Gasteiger partial charge >= 0.3 is 0 Å². The minimum absolute atomic E-state index is 0.00632. The quantitative estimate of drug-likeness (QED) is 0.606. The van der Waals surface area contributed by atoms with Crippen LogP contribution < -0.4 is 0 Å². The fourth-order valence-corrected chi connectivity index (χ4v) is 2.47. The summed E-state index contributed by atoms with van der Waals surface area (Å²) < 4.78 is 7.46. The number of ketones is 1. The summed E-state index contributed by atoms with van der Waals surface area (Å²) >= 11 is 0. The van der Waals surface area contributed by atoms with Crippen molar-refractivity contribution in [2.24, 2.45) is 0 Å². The molecule has 0 N–H and O–H groups in total. The number of aromatic nitrogens is 1. The van der Waals surface area contributed by atoms with E-state index in [-0.39, 0.29) is 5.78 Å². The van der Waals surface area contributed by atoms with Crippen LogP contribution in [0.3, 0.4) is 0 Å². The third-order valence-electron chi connectivity index (χ3n) is 3.57. The molecule has 2 aromatic rings. The van der Waals surface area contributed by atoms with Crippen LogP contribution in [0.25, 0.3) is 5.69 Å². The van der Waals surface area contributed by atoms with Crippen molar-refractivity contribution in [3.8, 4) is 17.8 Å². The van der Waals surface area contributed by atoms with Crippen molar-refractivity contribution in [3.05, 3.63) is 52.8 Å². The predicted octanol–water partition coefficient (Wildman–Crippen LogP) is 3.29. The van der Waals surface area contributed by atoms with Gasteiger partial charge in [-0.05, 0) is 44.2 Å². The zero-order valence-electron chi connectivity index (χ0n) is 13.2. The van der Waals surface area contributed by atoms with Gasteiger partial charge in [0.2, 0.25) is 0 Å².